The first kappa shape index (κ1) is 11.4. The van der Waals surface area contributed by atoms with E-state index in [-0.39, 0.29) is 5.57 Å². The molecule has 0 saturated heterocycles. The summed E-state index contributed by atoms with van der Waals surface area (Å²) in [6.45, 7) is 0. The lowest BCUT2D eigenvalue weighted by molar-refractivity contribution is 0.887. The molecule has 0 amide bonds. The van der Waals surface area contributed by atoms with Gasteiger partial charge in [0.05, 0.1) is 11.9 Å². The zero-order chi connectivity index (χ0) is 12.8. The smallest absolute Gasteiger partial charge is 0.145 e. The summed E-state index contributed by atoms with van der Waals surface area (Å²) in [5.41, 5.74) is 0.907. The number of nitrogens with one attached hydrogen (secondary N) is 1. The van der Waals surface area contributed by atoms with Crippen LogP contribution >= 0.6 is 0 Å². The summed E-state index contributed by atoms with van der Waals surface area (Å²) in [6.07, 6.45) is 3.00. The van der Waals surface area contributed by atoms with Crippen molar-refractivity contribution in [3.05, 3.63) is 54.4 Å². The largest absolute Gasteiger partial charge is 0.344 e. The Morgan fingerprint density at radius 3 is 2.56 bits per heavy atom. The van der Waals surface area contributed by atoms with Crippen molar-refractivity contribution in [1.82, 2.24) is 9.78 Å². The molecule has 86 valence electrons. The Kier molecular flexibility index (Phi) is 3.39. The number of allylic oxidation sites excluding steroid dienone is 1. The average Bonchev–Trinajstić information content (AvgIpc) is 2.89. The maximum Gasteiger partial charge on any atom is 0.145 e. The topological polar surface area (TPSA) is 77.4 Å². The summed E-state index contributed by atoms with van der Waals surface area (Å²) in [7, 11) is 0. The van der Waals surface area contributed by atoms with Gasteiger partial charge in [-0.25, -0.2) is 4.68 Å². The van der Waals surface area contributed by atoms with Crippen molar-refractivity contribution in [1.29, 1.82) is 10.5 Å². The van der Waals surface area contributed by atoms with Crippen LogP contribution in [0.15, 0.2) is 54.4 Å². The van der Waals surface area contributed by atoms with Crippen molar-refractivity contribution in [3.63, 3.8) is 0 Å². The minimum atomic E-state index is 0.0100. The van der Waals surface area contributed by atoms with Gasteiger partial charge in [0.2, 0.25) is 0 Å². The molecule has 1 heterocycles. The van der Waals surface area contributed by atoms with Gasteiger partial charge in [0.25, 0.3) is 0 Å². The maximum absolute atomic E-state index is 8.64. The summed E-state index contributed by atoms with van der Waals surface area (Å²) < 4.78 is 1.68. The Balaban J connectivity index is 2.28. The van der Waals surface area contributed by atoms with Crippen molar-refractivity contribution < 1.29 is 0 Å². The number of rotatable bonds is 3. The van der Waals surface area contributed by atoms with Gasteiger partial charge in [-0.3, -0.25) is 0 Å². The summed E-state index contributed by atoms with van der Waals surface area (Å²) in [6, 6.07) is 14.9. The molecular weight excluding hydrogens is 226 g/mol. The quantitative estimate of drug-likeness (QED) is 0.827. The lowest BCUT2D eigenvalue weighted by atomic mass is 10.3. The molecule has 1 aromatic carbocycles. The van der Waals surface area contributed by atoms with E-state index in [9.17, 15) is 0 Å². The van der Waals surface area contributed by atoms with Crippen LogP contribution in [0.3, 0.4) is 0 Å². The molecule has 5 heteroatoms. The predicted octanol–water partition coefficient (Wildman–Crippen LogP) is 2.22. The Bertz CT molecular complexity index is 624. The van der Waals surface area contributed by atoms with Gasteiger partial charge < -0.3 is 5.32 Å². The summed E-state index contributed by atoms with van der Waals surface area (Å²) in [5.74, 6) is 0.684. The zero-order valence-electron chi connectivity index (χ0n) is 9.41. The Hall–Kier alpha value is -3.05. The first-order chi connectivity index (χ1) is 8.85. The van der Waals surface area contributed by atoms with Crippen LogP contribution in [0.5, 0.6) is 0 Å². The lowest BCUT2D eigenvalue weighted by Gasteiger charge is -2.06. The van der Waals surface area contributed by atoms with Crippen LogP contribution in [0.2, 0.25) is 0 Å². The van der Waals surface area contributed by atoms with E-state index in [4.69, 9.17) is 10.5 Å². The first-order valence-corrected chi connectivity index (χ1v) is 5.21. The van der Waals surface area contributed by atoms with E-state index < -0.39 is 0 Å². The number of anilines is 1. The molecule has 0 aliphatic heterocycles. The number of benzene rings is 1. The molecule has 2 rings (SSSR count). The number of aromatic nitrogens is 2. The summed E-state index contributed by atoms with van der Waals surface area (Å²) in [5, 5.41) is 24.3. The van der Waals surface area contributed by atoms with Gasteiger partial charge in [0.1, 0.15) is 23.5 Å². The van der Waals surface area contributed by atoms with Gasteiger partial charge in [-0.1, -0.05) is 18.2 Å². The van der Waals surface area contributed by atoms with Gasteiger partial charge in [-0.2, -0.15) is 15.6 Å². The molecule has 1 N–H and O–H groups in total. The van der Waals surface area contributed by atoms with E-state index in [1.165, 1.54) is 6.20 Å². The first-order valence-electron chi connectivity index (χ1n) is 5.21. The van der Waals surface area contributed by atoms with Crippen molar-refractivity contribution in [2.45, 2.75) is 0 Å². The van der Waals surface area contributed by atoms with E-state index in [1.807, 2.05) is 30.3 Å². The third-order valence-corrected chi connectivity index (χ3v) is 2.25. The standard InChI is InChI=1S/C13H9N5/c14-8-11(9-15)10-16-13-6-7-17-18(13)12-4-2-1-3-5-12/h1-7,10,16H. The lowest BCUT2D eigenvalue weighted by Crippen LogP contribution is -2.01. The second kappa shape index (κ2) is 5.33. The fourth-order valence-corrected chi connectivity index (χ4v) is 1.42. The molecule has 0 radical (unpaired) electrons. The summed E-state index contributed by atoms with van der Waals surface area (Å²) >= 11 is 0. The van der Waals surface area contributed by atoms with Crippen LogP contribution in [0, 0.1) is 22.7 Å². The van der Waals surface area contributed by atoms with Gasteiger partial charge >= 0.3 is 0 Å². The SMILES string of the molecule is N#CC(C#N)=CNc1ccnn1-c1ccccc1. The highest BCUT2D eigenvalue weighted by Gasteiger charge is 2.02. The van der Waals surface area contributed by atoms with Crippen molar-refractivity contribution >= 4 is 5.82 Å². The van der Waals surface area contributed by atoms with Gasteiger partial charge in [-0.05, 0) is 12.1 Å². The molecular formula is C13H9N5. The third kappa shape index (κ3) is 2.37. The molecule has 2 aromatic rings. The van der Waals surface area contributed by atoms with E-state index in [0.717, 1.165) is 5.69 Å². The molecule has 0 bridgehead atoms. The van der Waals surface area contributed by atoms with Crippen molar-refractivity contribution in [2.75, 3.05) is 5.32 Å². The number of hydrogen-bond donors (Lipinski definition) is 1. The van der Waals surface area contributed by atoms with Crippen LogP contribution in [0.1, 0.15) is 0 Å². The molecule has 0 aliphatic rings. The number of nitrogens with zero attached hydrogens (tertiary/aromatic N) is 4. The van der Waals surface area contributed by atoms with Gasteiger partial charge in [-0.15, -0.1) is 0 Å². The highest BCUT2D eigenvalue weighted by atomic mass is 15.3. The molecule has 0 spiro atoms. The van der Waals surface area contributed by atoms with Crippen LogP contribution < -0.4 is 5.32 Å². The third-order valence-electron chi connectivity index (χ3n) is 2.25. The number of hydrogen-bond acceptors (Lipinski definition) is 4. The van der Waals surface area contributed by atoms with E-state index >= 15 is 0 Å². The van der Waals surface area contributed by atoms with E-state index in [1.54, 1.807) is 29.1 Å². The number of nitriles is 2. The van der Waals surface area contributed by atoms with E-state index in [2.05, 4.69) is 10.4 Å². The second-order valence-electron chi connectivity index (χ2n) is 3.39. The van der Waals surface area contributed by atoms with Crippen molar-refractivity contribution in [3.8, 4) is 17.8 Å². The highest BCUT2D eigenvalue weighted by Crippen LogP contribution is 2.14. The minimum Gasteiger partial charge on any atom is -0.344 e. The average molecular weight is 235 g/mol. The minimum absolute atomic E-state index is 0.0100. The fraction of sp³-hybridized carbons (Fsp3) is 0. The van der Waals surface area contributed by atoms with Gasteiger partial charge in [0, 0.05) is 12.3 Å². The van der Waals surface area contributed by atoms with Crippen LogP contribution in [0.4, 0.5) is 5.82 Å². The predicted molar refractivity (Wildman–Crippen MR) is 66.5 cm³/mol. The van der Waals surface area contributed by atoms with E-state index in [0.29, 0.717) is 5.82 Å². The van der Waals surface area contributed by atoms with Crippen LogP contribution in [-0.4, -0.2) is 9.78 Å². The molecule has 5 nitrogen and oxygen atoms in total. The Morgan fingerprint density at radius 2 is 1.89 bits per heavy atom. The molecule has 1 aromatic heterocycles. The molecule has 18 heavy (non-hydrogen) atoms. The molecule has 0 aliphatic carbocycles. The maximum atomic E-state index is 8.64. The van der Waals surface area contributed by atoms with Crippen LogP contribution in [0.25, 0.3) is 5.69 Å². The molecule has 0 saturated carbocycles. The molecule has 0 atom stereocenters. The van der Waals surface area contributed by atoms with Gasteiger partial charge in [0.15, 0.2) is 0 Å². The van der Waals surface area contributed by atoms with Crippen molar-refractivity contribution in [2.24, 2.45) is 0 Å². The Morgan fingerprint density at radius 1 is 1.17 bits per heavy atom. The van der Waals surface area contributed by atoms with Crippen LogP contribution in [-0.2, 0) is 0 Å². The highest BCUT2D eigenvalue weighted by molar-refractivity contribution is 5.49. The fourth-order valence-electron chi connectivity index (χ4n) is 1.42. The number of para-hydroxylation sites is 1. The normalized spacial score (nSPS) is 9.00. The monoisotopic (exact) mass is 235 g/mol. The summed E-state index contributed by atoms with van der Waals surface area (Å²) in [4.78, 5) is 0. The zero-order valence-corrected chi connectivity index (χ0v) is 9.41. The molecule has 0 unspecified atom stereocenters. The molecule has 0 fully saturated rings. The second-order valence-corrected chi connectivity index (χ2v) is 3.39. The Labute approximate surface area is 104 Å².